The third-order valence-electron chi connectivity index (χ3n) is 3.60. The summed E-state index contributed by atoms with van der Waals surface area (Å²) in [5, 5.41) is 0. The summed E-state index contributed by atoms with van der Waals surface area (Å²) >= 11 is 0. The minimum Gasteiger partial charge on any atom is -0.471 e. The van der Waals surface area contributed by atoms with E-state index >= 15 is 0 Å². The number of aromatic nitrogens is 1. The second kappa shape index (κ2) is 6.30. The van der Waals surface area contributed by atoms with Gasteiger partial charge < -0.3 is 9.64 Å². The van der Waals surface area contributed by atoms with Gasteiger partial charge in [0.2, 0.25) is 5.88 Å². The van der Waals surface area contributed by atoms with Crippen LogP contribution in [-0.2, 0) is 6.18 Å². The van der Waals surface area contributed by atoms with Gasteiger partial charge in [-0.15, -0.1) is 0 Å². The second-order valence-electron chi connectivity index (χ2n) is 5.43. The van der Waals surface area contributed by atoms with E-state index in [0.717, 1.165) is 18.2 Å². The molecule has 0 aliphatic carbocycles. The van der Waals surface area contributed by atoms with Crippen molar-refractivity contribution in [3.05, 3.63) is 59.3 Å². The van der Waals surface area contributed by atoms with Gasteiger partial charge in [0.1, 0.15) is 23.4 Å². The van der Waals surface area contributed by atoms with Crippen LogP contribution >= 0.6 is 0 Å². The molecular formula is C16H11F5N2O2. The molecule has 2 heterocycles. The summed E-state index contributed by atoms with van der Waals surface area (Å²) in [4.78, 5) is 16.7. The van der Waals surface area contributed by atoms with E-state index in [2.05, 4.69) is 4.98 Å². The van der Waals surface area contributed by atoms with E-state index in [1.807, 2.05) is 0 Å². The molecule has 132 valence electrons. The average molecular weight is 358 g/mol. The first kappa shape index (κ1) is 17.1. The highest BCUT2D eigenvalue weighted by Crippen LogP contribution is 2.29. The van der Waals surface area contributed by atoms with Gasteiger partial charge in [0.25, 0.3) is 5.91 Å². The van der Waals surface area contributed by atoms with E-state index < -0.39 is 35.5 Å². The van der Waals surface area contributed by atoms with Crippen LogP contribution < -0.4 is 4.74 Å². The van der Waals surface area contributed by atoms with Crippen molar-refractivity contribution >= 4 is 5.91 Å². The fourth-order valence-corrected chi connectivity index (χ4v) is 2.32. The number of rotatable bonds is 3. The molecule has 3 rings (SSSR count). The molecule has 1 aliphatic heterocycles. The molecule has 1 amide bonds. The molecule has 0 spiro atoms. The first-order chi connectivity index (χ1) is 11.7. The second-order valence-corrected chi connectivity index (χ2v) is 5.43. The zero-order chi connectivity index (χ0) is 18.2. The van der Waals surface area contributed by atoms with Crippen molar-refractivity contribution in [1.82, 2.24) is 9.88 Å². The van der Waals surface area contributed by atoms with E-state index in [9.17, 15) is 26.7 Å². The molecule has 1 fully saturated rings. The number of carbonyl (C=O) groups excluding carboxylic acids is 1. The number of hydrogen-bond donors (Lipinski definition) is 0. The van der Waals surface area contributed by atoms with Crippen LogP contribution in [0.2, 0.25) is 0 Å². The van der Waals surface area contributed by atoms with E-state index in [4.69, 9.17) is 4.74 Å². The number of ether oxygens (including phenoxy) is 1. The maximum absolute atomic E-state index is 13.6. The number of halogens is 5. The first-order valence-electron chi connectivity index (χ1n) is 7.19. The van der Waals surface area contributed by atoms with Gasteiger partial charge in [0, 0.05) is 12.1 Å². The van der Waals surface area contributed by atoms with Crippen molar-refractivity contribution in [1.29, 1.82) is 0 Å². The molecule has 9 heteroatoms. The number of pyridine rings is 1. The van der Waals surface area contributed by atoms with Crippen molar-refractivity contribution in [3.8, 4) is 5.88 Å². The molecule has 0 atom stereocenters. The zero-order valence-electron chi connectivity index (χ0n) is 12.6. The Kier molecular flexibility index (Phi) is 4.32. The normalized spacial score (nSPS) is 15.0. The Bertz CT molecular complexity index is 803. The molecule has 0 N–H and O–H groups in total. The van der Waals surface area contributed by atoms with Crippen LogP contribution in [0.4, 0.5) is 22.0 Å². The predicted molar refractivity (Wildman–Crippen MR) is 75.9 cm³/mol. The largest absolute Gasteiger partial charge is 0.471 e. The van der Waals surface area contributed by atoms with Gasteiger partial charge in [0.15, 0.2) is 0 Å². The fourth-order valence-electron chi connectivity index (χ4n) is 2.32. The van der Waals surface area contributed by atoms with Crippen LogP contribution in [0, 0.1) is 11.6 Å². The zero-order valence-corrected chi connectivity index (χ0v) is 12.6. The standard InChI is InChI=1S/C16H11F5N2O2/c17-9-4-5-11(12(18)6-9)15(24)23-7-10(8-23)25-14-3-1-2-13(22-14)16(19,20)21/h1-6,10H,7-8H2. The number of likely N-dealkylation sites (tertiary alicyclic amines) is 1. The van der Waals surface area contributed by atoms with Gasteiger partial charge in [-0.3, -0.25) is 4.79 Å². The average Bonchev–Trinajstić information content (AvgIpc) is 2.49. The quantitative estimate of drug-likeness (QED) is 0.791. The Labute approximate surface area is 138 Å². The topological polar surface area (TPSA) is 42.4 Å². The fraction of sp³-hybridized carbons (Fsp3) is 0.250. The van der Waals surface area contributed by atoms with Gasteiger partial charge in [-0.1, -0.05) is 6.07 Å². The van der Waals surface area contributed by atoms with E-state index in [-0.39, 0.29) is 24.5 Å². The number of nitrogens with zero attached hydrogens (tertiary/aromatic N) is 2. The predicted octanol–water partition coefficient (Wildman–Crippen LogP) is 3.28. The monoisotopic (exact) mass is 358 g/mol. The van der Waals surface area contributed by atoms with Gasteiger partial charge in [0.05, 0.1) is 18.7 Å². The van der Waals surface area contributed by atoms with Crippen LogP contribution in [0.3, 0.4) is 0 Å². The summed E-state index contributed by atoms with van der Waals surface area (Å²) in [7, 11) is 0. The maximum Gasteiger partial charge on any atom is 0.433 e. The maximum atomic E-state index is 13.6. The van der Waals surface area contributed by atoms with Crippen molar-refractivity contribution in [3.63, 3.8) is 0 Å². The van der Waals surface area contributed by atoms with Gasteiger partial charge in [-0.2, -0.15) is 13.2 Å². The van der Waals surface area contributed by atoms with Gasteiger partial charge in [-0.25, -0.2) is 13.8 Å². The summed E-state index contributed by atoms with van der Waals surface area (Å²) in [5.41, 5.74) is -1.36. The summed E-state index contributed by atoms with van der Waals surface area (Å²) < 4.78 is 69.5. The Morgan fingerprint density at radius 3 is 2.52 bits per heavy atom. The summed E-state index contributed by atoms with van der Waals surface area (Å²) in [6.07, 6.45) is -5.13. The van der Waals surface area contributed by atoms with Gasteiger partial charge >= 0.3 is 6.18 Å². The Morgan fingerprint density at radius 1 is 1.16 bits per heavy atom. The number of benzene rings is 1. The molecule has 25 heavy (non-hydrogen) atoms. The molecule has 1 aromatic heterocycles. The third-order valence-corrected chi connectivity index (χ3v) is 3.60. The highest BCUT2D eigenvalue weighted by molar-refractivity contribution is 5.95. The van der Waals surface area contributed by atoms with Crippen LogP contribution in [-0.4, -0.2) is 35.0 Å². The summed E-state index contributed by atoms with van der Waals surface area (Å²) in [6, 6.07) is 5.88. The molecule has 1 aliphatic rings. The SMILES string of the molecule is O=C(c1ccc(F)cc1F)N1CC(Oc2cccc(C(F)(F)F)n2)C1. The number of amides is 1. The Hall–Kier alpha value is -2.71. The third kappa shape index (κ3) is 3.70. The van der Waals surface area contributed by atoms with Crippen molar-refractivity contribution in [2.75, 3.05) is 13.1 Å². The van der Waals surface area contributed by atoms with Crippen LogP contribution in [0.25, 0.3) is 0 Å². The molecule has 1 aromatic carbocycles. The van der Waals surface area contributed by atoms with Crippen LogP contribution in [0.5, 0.6) is 5.88 Å². The van der Waals surface area contributed by atoms with E-state index in [1.54, 1.807) is 0 Å². The molecule has 0 unspecified atom stereocenters. The molecule has 0 bridgehead atoms. The molecule has 0 radical (unpaired) electrons. The molecular weight excluding hydrogens is 347 g/mol. The van der Waals surface area contributed by atoms with E-state index in [0.29, 0.717) is 6.07 Å². The number of alkyl halides is 3. The number of hydrogen-bond acceptors (Lipinski definition) is 3. The minimum atomic E-state index is -4.58. The number of carbonyl (C=O) groups is 1. The summed E-state index contributed by atoms with van der Waals surface area (Å²) in [5.74, 6) is -2.63. The van der Waals surface area contributed by atoms with Crippen molar-refractivity contribution in [2.24, 2.45) is 0 Å². The lowest BCUT2D eigenvalue weighted by atomic mass is 10.1. The molecule has 0 saturated carbocycles. The van der Waals surface area contributed by atoms with E-state index in [1.165, 1.54) is 17.0 Å². The molecule has 2 aromatic rings. The molecule has 1 saturated heterocycles. The Balaban J connectivity index is 1.60. The first-order valence-corrected chi connectivity index (χ1v) is 7.19. The van der Waals surface area contributed by atoms with Crippen molar-refractivity contribution in [2.45, 2.75) is 12.3 Å². The van der Waals surface area contributed by atoms with Crippen LogP contribution in [0.15, 0.2) is 36.4 Å². The lowest BCUT2D eigenvalue weighted by Gasteiger charge is -2.38. The van der Waals surface area contributed by atoms with Crippen LogP contribution in [0.1, 0.15) is 16.1 Å². The lowest BCUT2D eigenvalue weighted by molar-refractivity contribution is -0.141. The minimum absolute atomic E-state index is 0.0631. The lowest BCUT2D eigenvalue weighted by Crippen LogP contribution is -2.56. The highest BCUT2D eigenvalue weighted by Gasteiger charge is 2.36. The molecule has 4 nitrogen and oxygen atoms in total. The Morgan fingerprint density at radius 2 is 1.88 bits per heavy atom. The van der Waals surface area contributed by atoms with Gasteiger partial charge in [-0.05, 0) is 18.2 Å². The van der Waals surface area contributed by atoms with Crippen molar-refractivity contribution < 1.29 is 31.5 Å². The summed E-state index contributed by atoms with van der Waals surface area (Å²) in [6.45, 7) is 0.126. The smallest absolute Gasteiger partial charge is 0.433 e. The highest BCUT2D eigenvalue weighted by atomic mass is 19.4.